The molecule has 0 saturated carbocycles. The molecule has 0 atom stereocenters. The summed E-state index contributed by atoms with van der Waals surface area (Å²) in [5.41, 5.74) is 6.66. The van der Waals surface area contributed by atoms with Crippen molar-refractivity contribution in [2.45, 2.75) is 4.90 Å². The van der Waals surface area contributed by atoms with Gasteiger partial charge in [0.2, 0.25) is 16.0 Å². The van der Waals surface area contributed by atoms with Crippen molar-refractivity contribution in [3.63, 3.8) is 0 Å². The minimum absolute atomic E-state index is 0.0264. The molecule has 0 unspecified atom stereocenters. The number of phenols is 1. The zero-order valence-electron chi connectivity index (χ0n) is 13.8. The van der Waals surface area contributed by atoms with Gasteiger partial charge in [0, 0.05) is 17.4 Å². The fraction of sp³-hybridized carbons (Fsp3) is 0. The standard InChI is InChI=1S/C17H15N5O4S/c18-16(24)13-8-10(4-5-15(13)23)14-6-7-20-17(22-14)21-11-2-1-3-12(9-11)27(19,25)26/h1-9,23H,(H2,18,24)(H2,19,25,26)(H,20,21,22). The molecule has 0 spiro atoms. The van der Waals surface area contributed by atoms with E-state index in [1.165, 1.54) is 36.5 Å². The van der Waals surface area contributed by atoms with Gasteiger partial charge in [0.25, 0.3) is 5.91 Å². The molecular formula is C17H15N5O4S. The van der Waals surface area contributed by atoms with Gasteiger partial charge in [0.05, 0.1) is 16.2 Å². The average molecular weight is 385 g/mol. The number of aromatic nitrogens is 2. The topological polar surface area (TPSA) is 161 Å². The number of rotatable bonds is 5. The summed E-state index contributed by atoms with van der Waals surface area (Å²) in [7, 11) is -3.83. The Morgan fingerprint density at radius 1 is 1.11 bits per heavy atom. The summed E-state index contributed by atoms with van der Waals surface area (Å²) in [5.74, 6) is -0.784. The second-order valence-electron chi connectivity index (χ2n) is 5.56. The van der Waals surface area contributed by atoms with Gasteiger partial charge in [-0.3, -0.25) is 4.79 Å². The van der Waals surface area contributed by atoms with Gasteiger partial charge in [0.15, 0.2) is 0 Å². The Morgan fingerprint density at radius 2 is 1.89 bits per heavy atom. The summed E-state index contributed by atoms with van der Waals surface area (Å²) >= 11 is 0. The molecule has 9 nitrogen and oxygen atoms in total. The van der Waals surface area contributed by atoms with Crippen molar-refractivity contribution in [2.75, 3.05) is 5.32 Å². The lowest BCUT2D eigenvalue weighted by molar-refractivity contribution is 0.0998. The van der Waals surface area contributed by atoms with Gasteiger partial charge >= 0.3 is 0 Å². The molecule has 2 aromatic carbocycles. The van der Waals surface area contributed by atoms with Crippen molar-refractivity contribution in [2.24, 2.45) is 10.9 Å². The number of carbonyl (C=O) groups is 1. The molecule has 10 heteroatoms. The smallest absolute Gasteiger partial charge is 0.252 e. The van der Waals surface area contributed by atoms with E-state index in [4.69, 9.17) is 10.9 Å². The summed E-state index contributed by atoms with van der Waals surface area (Å²) in [6.45, 7) is 0. The minimum atomic E-state index is -3.83. The fourth-order valence-electron chi connectivity index (χ4n) is 2.35. The second-order valence-corrected chi connectivity index (χ2v) is 7.12. The first-order valence-corrected chi connectivity index (χ1v) is 9.15. The third-order valence-electron chi connectivity index (χ3n) is 3.63. The maximum atomic E-state index is 11.5. The third kappa shape index (κ3) is 4.19. The predicted octanol–water partition coefficient (Wildman–Crippen LogP) is 1.34. The van der Waals surface area contributed by atoms with Crippen LogP contribution in [0.4, 0.5) is 11.6 Å². The van der Waals surface area contributed by atoms with Crippen LogP contribution in [0.1, 0.15) is 10.4 Å². The Kier molecular flexibility index (Phi) is 4.75. The summed E-state index contributed by atoms with van der Waals surface area (Å²) in [5, 5.41) is 17.7. The first-order valence-electron chi connectivity index (χ1n) is 7.60. The lowest BCUT2D eigenvalue weighted by Crippen LogP contribution is -2.12. The highest BCUT2D eigenvalue weighted by Crippen LogP contribution is 2.25. The molecule has 0 bridgehead atoms. The molecule has 138 valence electrons. The lowest BCUT2D eigenvalue weighted by atomic mass is 10.1. The van der Waals surface area contributed by atoms with E-state index in [-0.39, 0.29) is 22.2 Å². The van der Waals surface area contributed by atoms with E-state index in [1.54, 1.807) is 18.2 Å². The largest absolute Gasteiger partial charge is 0.507 e. The number of anilines is 2. The van der Waals surface area contributed by atoms with Crippen LogP contribution in [0.3, 0.4) is 0 Å². The van der Waals surface area contributed by atoms with E-state index >= 15 is 0 Å². The van der Waals surface area contributed by atoms with Gasteiger partial charge in [-0.25, -0.2) is 23.5 Å². The highest BCUT2D eigenvalue weighted by molar-refractivity contribution is 7.89. The number of primary sulfonamides is 1. The van der Waals surface area contributed by atoms with Crippen LogP contribution in [0.2, 0.25) is 0 Å². The monoisotopic (exact) mass is 385 g/mol. The average Bonchev–Trinajstić information content (AvgIpc) is 2.61. The van der Waals surface area contributed by atoms with Crippen molar-refractivity contribution in [3.8, 4) is 17.0 Å². The number of sulfonamides is 1. The quantitative estimate of drug-likeness (QED) is 0.515. The van der Waals surface area contributed by atoms with Crippen molar-refractivity contribution >= 4 is 27.6 Å². The molecule has 0 saturated heterocycles. The van der Waals surface area contributed by atoms with Crippen LogP contribution < -0.4 is 16.2 Å². The maximum absolute atomic E-state index is 11.5. The van der Waals surface area contributed by atoms with Gasteiger partial charge in [-0.05, 0) is 42.5 Å². The number of primary amides is 1. The second kappa shape index (κ2) is 7.02. The Balaban J connectivity index is 1.93. The number of aromatic hydroxyl groups is 1. The number of nitrogens with zero attached hydrogens (tertiary/aromatic N) is 2. The Bertz CT molecular complexity index is 1130. The minimum Gasteiger partial charge on any atom is -0.507 e. The summed E-state index contributed by atoms with van der Waals surface area (Å²) in [6.07, 6.45) is 1.49. The highest BCUT2D eigenvalue weighted by Gasteiger charge is 2.12. The molecular weight excluding hydrogens is 370 g/mol. The van der Waals surface area contributed by atoms with Gasteiger partial charge in [-0.1, -0.05) is 6.07 Å². The first-order chi connectivity index (χ1) is 12.7. The van der Waals surface area contributed by atoms with Crippen LogP contribution in [-0.4, -0.2) is 29.4 Å². The zero-order chi connectivity index (χ0) is 19.6. The molecule has 0 fully saturated rings. The summed E-state index contributed by atoms with van der Waals surface area (Å²) in [4.78, 5) is 19.7. The molecule has 27 heavy (non-hydrogen) atoms. The van der Waals surface area contributed by atoms with Crippen LogP contribution in [0.25, 0.3) is 11.3 Å². The van der Waals surface area contributed by atoms with Gasteiger partial charge in [-0.2, -0.15) is 0 Å². The molecule has 1 heterocycles. The van der Waals surface area contributed by atoms with E-state index in [2.05, 4.69) is 15.3 Å². The molecule has 1 aromatic heterocycles. The van der Waals surface area contributed by atoms with Crippen LogP contribution in [0.5, 0.6) is 5.75 Å². The van der Waals surface area contributed by atoms with Crippen molar-refractivity contribution < 1.29 is 18.3 Å². The molecule has 0 aliphatic rings. The molecule has 6 N–H and O–H groups in total. The van der Waals surface area contributed by atoms with E-state index in [0.29, 0.717) is 16.9 Å². The SMILES string of the molecule is NC(=O)c1cc(-c2ccnc(Nc3cccc(S(N)(=O)=O)c3)n2)ccc1O. The molecule has 0 aliphatic heterocycles. The van der Waals surface area contributed by atoms with Gasteiger partial charge in [0.1, 0.15) is 5.75 Å². The first kappa shape index (κ1) is 18.3. The van der Waals surface area contributed by atoms with Crippen molar-refractivity contribution in [1.29, 1.82) is 0 Å². The molecule has 0 aliphatic carbocycles. The molecule has 1 amide bonds. The third-order valence-corrected chi connectivity index (χ3v) is 4.54. The lowest BCUT2D eigenvalue weighted by Gasteiger charge is -2.09. The van der Waals surface area contributed by atoms with Crippen LogP contribution in [0.15, 0.2) is 59.6 Å². The van der Waals surface area contributed by atoms with Gasteiger partial charge in [-0.15, -0.1) is 0 Å². The Labute approximate surface area is 154 Å². The Morgan fingerprint density at radius 3 is 2.59 bits per heavy atom. The van der Waals surface area contributed by atoms with Crippen LogP contribution >= 0.6 is 0 Å². The normalized spacial score (nSPS) is 11.1. The van der Waals surface area contributed by atoms with E-state index < -0.39 is 15.9 Å². The highest BCUT2D eigenvalue weighted by atomic mass is 32.2. The number of carbonyl (C=O) groups excluding carboxylic acids is 1. The van der Waals surface area contributed by atoms with E-state index in [9.17, 15) is 18.3 Å². The Hall–Kier alpha value is -3.50. The zero-order valence-corrected chi connectivity index (χ0v) is 14.6. The van der Waals surface area contributed by atoms with E-state index in [0.717, 1.165) is 0 Å². The predicted molar refractivity (Wildman–Crippen MR) is 98.7 cm³/mol. The summed E-state index contributed by atoms with van der Waals surface area (Å²) < 4.78 is 22.9. The number of hydrogen-bond acceptors (Lipinski definition) is 7. The molecule has 3 rings (SSSR count). The number of nitrogens with two attached hydrogens (primary N) is 2. The van der Waals surface area contributed by atoms with E-state index in [1.807, 2.05) is 0 Å². The van der Waals surface area contributed by atoms with Crippen molar-refractivity contribution in [1.82, 2.24) is 9.97 Å². The summed E-state index contributed by atoms with van der Waals surface area (Å²) in [6, 6.07) is 11.9. The van der Waals surface area contributed by atoms with Crippen molar-refractivity contribution in [3.05, 3.63) is 60.3 Å². The number of nitrogens with one attached hydrogen (secondary N) is 1. The van der Waals surface area contributed by atoms with Gasteiger partial charge < -0.3 is 16.2 Å². The molecule has 0 radical (unpaired) electrons. The van der Waals surface area contributed by atoms with Crippen LogP contribution in [0, 0.1) is 0 Å². The fourth-order valence-corrected chi connectivity index (χ4v) is 2.91. The molecule has 3 aromatic rings. The maximum Gasteiger partial charge on any atom is 0.252 e. The van der Waals surface area contributed by atoms with Crippen LogP contribution in [-0.2, 0) is 10.0 Å². The number of hydrogen-bond donors (Lipinski definition) is 4. The number of benzene rings is 2. The number of amides is 1.